The van der Waals surface area contributed by atoms with Crippen molar-refractivity contribution in [2.75, 3.05) is 4.90 Å². The van der Waals surface area contributed by atoms with Gasteiger partial charge < -0.3 is 4.90 Å². The van der Waals surface area contributed by atoms with Crippen LogP contribution in [0.1, 0.15) is 44.5 Å². The standard InChI is InChI=1S/C15H19NO3S/c1-5-13(17)11-6-7-14-12(8-11)16(9(2)3)15(18)10(4)20(14)19/h6-10H,5H2,1-4H3. The molecule has 0 aliphatic carbocycles. The van der Waals surface area contributed by atoms with Gasteiger partial charge in [0.2, 0.25) is 5.91 Å². The van der Waals surface area contributed by atoms with E-state index in [-0.39, 0.29) is 17.7 Å². The molecule has 108 valence electrons. The van der Waals surface area contributed by atoms with Crippen LogP contribution in [0.2, 0.25) is 0 Å². The van der Waals surface area contributed by atoms with Gasteiger partial charge in [0, 0.05) is 18.0 Å². The molecule has 0 spiro atoms. The van der Waals surface area contributed by atoms with Crippen LogP contribution < -0.4 is 4.90 Å². The summed E-state index contributed by atoms with van der Waals surface area (Å²) >= 11 is 0. The van der Waals surface area contributed by atoms with Gasteiger partial charge in [-0.15, -0.1) is 0 Å². The van der Waals surface area contributed by atoms with E-state index in [1.54, 1.807) is 36.9 Å². The van der Waals surface area contributed by atoms with Crippen molar-refractivity contribution in [3.63, 3.8) is 0 Å². The average Bonchev–Trinajstić information content (AvgIpc) is 2.43. The number of benzene rings is 1. The first-order valence-electron chi connectivity index (χ1n) is 6.79. The van der Waals surface area contributed by atoms with Gasteiger partial charge in [0.05, 0.1) is 21.4 Å². The summed E-state index contributed by atoms with van der Waals surface area (Å²) in [6.07, 6.45) is 0.411. The van der Waals surface area contributed by atoms with E-state index in [2.05, 4.69) is 0 Å². The van der Waals surface area contributed by atoms with E-state index in [4.69, 9.17) is 0 Å². The number of Topliss-reactive ketones (excluding diaryl/α,β-unsaturated/α-hetero) is 1. The van der Waals surface area contributed by atoms with Gasteiger partial charge in [-0.25, -0.2) is 0 Å². The van der Waals surface area contributed by atoms with Crippen LogP contribution in [0.15, 0.2) is 23.1 Å². The molecule has 5 heteroatoms. The second kappa shape index (κ2) is 5.48. The largest absolute Gasteiger partial charge is 0.308 e. The highest BCUT2D eigenvalue weighted by atomic mass is 32.2. The Balaban J connectivity index is 2.62. The fourth-order valence-corrected chi connectivity index (χ4v) is 3.63. The van der Waals surface area contributed by atoms with Crippen molar-refractivity contribution >= 4 is 28.2 Å². The highest BCUT2D eigenvalue weighted by Crippen LogP contribution is 2.34. The number of carbonyl (C=O) groups excluding carboxylic acids is 2. The third-order valence-corrected chi connectivity index (χ3v) is 5.12. The van der Waals surface area contributed by atoms with Gasteiger partial charge in [-0.05, 0) is 32.9 Å². The molecule has 0 bridgehead atoms. The predicted molar refractivity (Wildman–Crippen MR) is 79.6 cm³/mol. The highest BCUT2D eigenvalue weighted by Gasteiger charge is 2.37. The topological polar surface area (TPSA) is 54.5 Å². The quantitative estimate of drug-likeness (QED) is 0.805. The Morgan fingerprint density at radius 2 is 2.05 bits per heavy atom. The number of carbonyl (C=O) groups is 2. The SMILES string of the molecule is CCC(=O)c1ccc2c(c1)N(C(C)C)C(=O)C(C)S2=O. The molecule has 0 aromatic heterocycles. The van der Waals surface area contributed by atoms with Crippen molar-refractivity contribution in [3.05, 3.63) is 23.8 Å². The van der Waals surface area contributed by atoms with E-state index in [9.17, 15) is 13.8 Å². The van der Waals surface area contributed by atoms with Crippen LogP contribution in [0.3, 0.4) is 0 Å². The van der Waals surface area contributed by atoms with Crippen LogP contribution in [0.5, 0.6) is 0 Å². The van der Waals surface area contributed by atoms with Gasteiger partial charge in [-0.1, -0.05) is 13.0 Å². The third-order valence-electron chi connectivity index (χ3n) is 3.50. The molecule has 1 aromatic rings. The number of rotatable bonds is 3. The molecular weight excluding hydrogens is 274 g/mol. The Morgan fingerprint density at radius 1 is 1.40 bits per heavy atom. The molecule has 1 aliphatic rings. The molecule has 1 heterocycles. The smallest absolute Gasteiger partial charge is 0.243 e. The summed E-state index contributed by atoms with van der Waals surface area (Å²) in [5, 5.41) is -0.544. The Labute approximate surface area is 121 Å². The number of hydrogen-bond donors (Lipinski definition) is 0. The number of hydrogen-bond acceptors (Lipinski definition) is 3. The van der Waals surface area contributed by atoms with E-state index >= 15 is 0 Å². The molecule has 0 N–H and O–H groups in total. The van der Waals surface area contributed by atoms with Crippen LogP contribution in [0.25, 0.3) is 0 Å². The fraction of sp³-hybridized carbons (Fsp3) is 0.467. The van der Waals surface area contributed by atoms with E-state index in [1.165, 1.54) is 0 Å². The lowest BCUT2D eigenvalue weighted by Gasteiger charge is -2.35. The maximum atomic E-state index is 12.3. The summed E-state index contributed by atoms with van der Waals surface area (Å²) in [7, 11) is -1.35. The van der Waals surface area contributed by atoms with Crippen molar-refractivity contribution in [1.82, 2.24) is 0 Å². The molecule has 2 atom stereocenters. The van der Waals surface area contributed by atoms with Crippen molar-refractivity contribution in [2.45, 2.75) is 50.3 Å². The number of nitrogens with zero attached hydrogens (tertiary/aromatic N) is 1. The molecule has 0 radical (unpaired) electrons. The Bertz CT molecular complexity index is 595. The zero-order valence-electron chi connectivity index (χ0n) is 12.2. The summed E-state index contributed by atoms with van der Waals surface area (Å²) in [4.78, 5) is 26.4. The average molecular weight is 293 g/mol. The van der Waals surface area contributed by atoms with Crippen LogP contribution in [-0.2, 0) is 15.6 Å². The van der Waals surface area contributed by atoms with Crippen molar-refractivity contribution < 1.29 is 13.8 Å². The van der Waals surface area contributed by atoms with Crippen LogP contribution in [-0.4, -0.2) is 27.2 Å². The summed E-state index contributed by atoms with van der Waals surface area (Å²) < 4.78 is 12.3. The number of fused-ring (bicyclic) bond motifs is 1. The van der Waals surface area contributed by atoms with Gasteiger partial charge in [-0.2, -0.15) is 0 Å². The van der Waals surface area contributed by atoms with Gasteiger partial charge in [0.15, 0.2) is 5.78 Å². The summed E-state index contributed by atoms with van der Waals surface area (Å²) in [5.41, 5.74) is 1.18. The number of amides is 1. The van der Waals surface area contributed by atoms with E-state index in [0.29, 0.717) is 22.6 Å². The molecule has 20 heavy (non-hydrogen) atoms. The van der Waals surface area contributed by atoms with Crippen molar-refractivity contribution in [2.24, 2.45) is 0 Å². The summed E-state index contributed by atoms with van der Waals surface area (Å²) in [5.74, 6) is -0.125. The normalized spacial score (nSPS) is 22.1. The van der Waals surface area contributed by atoms with Crippen molar-refractivity contribution in [3.8, 4) is 0 Å². The zero-order chi connectivity index (χ0) is 15.0. The predicted octanol–water partition coefficient (Wildman–Crippen LogP) is 2.53. The van der Waals surface area contributed by atoms with Crippen molar-refractivity contribution in [1.29, 1.82) is 0 Å². The molecule has 4 nitrogen and oxygen atoms in total. The minimum atomic E-state index is -1.35. The first-order valence-corrected chi connectivity index (χ1v) is 8.00. The molecule has 1 aliphatic heterocycles. The lowest BCUT2D eigenvalue weighted by molar-refractivity contribution is -0.118. The van der Waals surface area contributed by atoms with Gasteiger partial charge in [0.1, 0.15) is 5.25 Å². The molecule has 0 fully saturated rings. The molecule has 0 saturated heterocycles. The fourth-order valence-electron chi connectivity index (χ4n) is 2.38. The molecule has 1 aromatic carbocycles. The Hall–Kier alpha value is -1.49. The minimum Gasteiger partial charge on any atom is -0.308 e. The first-order chi connectivity index (χ1) is 9.38. The van der Waals surface area contributed by atoms with Gasteiger partial charge >= 0.3 is 0 Å². The first kappa shape index (κ1) is 14.9. The Kier molecular flexibility index (Phi) is 4.09. The summed E-state index contributed by atoms with van der Waals surface area (Å²) in [6, 6.07) is 5.08. The second-order valence-corrected chi connectivity index (χ2v) is 6.94. The van der Waals surface area contributed by atoms with Gasteiger partial charge in [-0.3, -0.25) is 13.8 Å². The van der Waals surface area contributed by atoms with E-state index in [1.807, 2.05) is 13.8 Å². The third kappa shape index (κ3) is 2.30. The molecule has 2 rings (SSSR count). The van der Waals surface area contributed by atoms with Crippen LogP contribution in [0.4, 0.5) is 5.69 Å². The number of anilines is 1. The highest BCUT2D eigenvalue weighted by molar-refractivity contribution is 7.86. The molecule has 0 saturated carbocycles. The molecule has 2 unspecified atom stereocenters. The molecular formula is C15H19NO3S. The van der Waals surface area contributed by atoms with E-state index < -0.39 is 16.0 Å². The maximum Gasteiger partial charge on any atom is 0.243 e. The van der Waals surface area contributed by atoms with Crippen LogP contribution in [0, 0.1) is 0 Å². The minimum absolute atomic E-state index is 0.0216. The van der Waals surface area contributed by atoms with E-state index in [0.717, 1.165) is 0 Å². The Morgan fingerprint density at radius 3 is 2.60 bits per heavy atom. The number of ketones is 1. The second-order valence-electron chi connectivity index (χ2n) is 5.20. The summed E-state index contributed by atoms with van der Waals surface area (Å²) in [6.45, 7) is 7.31. The lowest BCUT2D eigenvalue weighted by Crippen LogP contribution is -2.47. The zero-order valence-corrected chi connectivity index (χ0v) is 13.0. The van der Waals surface area contributed by atoms with Crippen LogP contribution >= 0.6 is 0 Å². The monoisotopic (exact) mass is 293 g/mol. The maximum absolute atomic E-state index is 12.3. The lowest BCUT2D eigenvalue weighted by atomic mass is 10.1. The molecule has 1 amide bonds. The van der Waals surface area contributed by atoms with Gasteiger partial charge in [0.25, 0.3) is 0 Å².